The minimum atomic E-state index is 0.175. The predicted octanol–water partition coefficient (Wildman–Crippen LogP) is 5.67. The molecule has 0 aliphatic carbocycles. The SMILES string of the molecule is COc1ccc([C@@H]2CC(c3ccc(C)cc3C)=NN2c2ccccc2)cc1. The average molecular weight is 356 g/mol. The van der Waals surface area contributed by atoms with E-state index in [4.69, 9.17) is 9.84 Å². The molecular formula is C24H24N2O. The van der Waals surface area contributed by atoms with Crippen molar-refractivity contribution in [2.75, 3.05) is 12.1 Å². The normalized spacial score (nSPS) is 16.3. The van der Waals surface area contributed by atoms with E-state index >= 15 is 0 Å². The number of para-hydroxylation sites is 1. The van der Waals surface area contributed by atoms with Crippen LogP contribution in [0.25, 0.3) is 0 Å². The van der Waals surface area contributed by atoms with Gasteiger partial charge >= 0.3 is 0 Å². The highest BCUT2D eigenvalue weighted by Gasteiger charge is 2.30. The lowest BCUT2D eigenvalue weighted by Gasteiger charge is -2.24. The highest BCUT2D eigenvalue weighted by atomic mass is 16.5. The second-order valence-corrected chi connectivity index (χ2v) is 7.04. The van der Waals surface area contributed by atoms with Gasteiger partial charge in [0.2, 0.25) is 0 Å². The van der Waals surface area contributed by atoms with E-state index < -0.39 is 0 Å². The van der Waals surface area contributed by atoms with Gasteiger partial charge in [0.05, 0.1) is 24.6 Å². The molecule has 0 aromatic heterocycles. The molecule has 3 nitrogen and oxygen atoms in total. The van der Waals surface area contributed by atoms with Gasteiger partial charge in [0, 0.05) is 12.0 Å². The fraction of sp³-hybridized carbons (Fsp3) is 0.208. The largest absolute Gasteiger partial charge is 0.497 e. The van der Waals surface area contributed by atoms with Crippen LogP contribution in [0.2, 0.25) is 0 Å². The third-order valence-electron chi connectivity index (χ3n) is 5.12. The second-order valence-electron chi connectivity index (χ2n) is 7.04. The van der Waals surface area contributed by atoms with Crippen LogP contribution < -0.4 is 9.75 Å². The van der Waals surface area contributed by atoms with Crippen molar-refractivity contribution in [3.63, 3.8) is 0 Å². The Bertz CT molecular complexity index is 961. The summed E-state index contributed by atoms with van der Waals surface area (Å²) >= 11 is 0. The number of rotatable bonds is 4. The van der Waals surface area contributed by atoms with Crippen molar-refractivity contribution in [3.05, 3.63) is 95.1 Å². The summed E-state index contributed by atoms with van der Waals surface area (Å²) in [7, 11) is 1.70. The Morgan fingerprint density at radius 1 is 0.926 bits per heavy atom. The molecule has 0 unspecified atom stereocenters. The van der Waals surface area contributed by atoms with E-state index in [1.165, 1.54) is 22.3 Å². The molecule has 3 aromatic rings. The van der Waals surface area contributed by atoms with Crippen LogP contribution in [0.15, 0.2) is 77.9 Å². The van der Waals surface area contributed by atoms with Gasteiger partial charge in [-0.1, -0.05) is 54.1 Å². The molecule has 1 heterocycles. The standard InChI is InChI=1S/C24H24N2O/c1-17-9-14-22(18(2)15-17)23-16-24(19-10-12-21(27-3)13-11-19)26(25-23)20-7-5-4-6-8-20/h4-15,24H,16H2,1-3H3/t24-/m0/s1. The number of nitrogens with zero attached hydrogens (tertiary/aromatic N) is 2. The monoisotopic (exact) mass is 356 g/mol. The first kappa shape index (κ1) is 17.3. The quantitative estimate of drug-likeness (QED) is 0.602. The van der Waals surface area contributed by atoms with Crippen molar-refractivity contribution in [2.24, 2.45) is 5.10 Å². The topological polar surface area (TPSA) is 24.8 Å². The number of aryl methyl sites for hydroxylation is 2. The van der Waals surface area contributed by atoms with E-state index in [2.05, 4.69) is 73.5 Å². The molecule has 0 fully saturated rings. The fourth-order valence-corrected chi connectivity index (χ4v) is 3.71. The van der Waals surface area contributed by atoms with E-state index in [0.717, 1.165) is 23.6 Å². The lowest BCUT2D eigenvalue weighted by atomic mass is 9.95. The maximum Gasteiger partial charge on any atom is 0.118 e. The highest BCUT2D eigenvalue weighted by molar-refractivity contribution is 6.04. The van der Waals surface area contributed by atoms with E-state index in [0.29, 0.717) is 0 Å². The highest BCUT2D eigenvalue weighted by Crippen LogP contribution is 2.37. The van der Waals surface area contributed by atoms with Crippen molar-refractivity contribution < 1.29 is 4.74 Å². The van der Waals surface area contributed by atoms with Crippen molar-refractivity contribution in [1.29, 1.82) is 0 Å². The Kier molecular flexibility index (Phi) is 4.68. The Balaban J connectivity index is 1.74. The summed E-state index contributed by atoms with van der Waals surface area (Å²) in [6.45, 7) is 4.29. The van der Waals surface area contributed by atoms with Crippen molar-refractivity contribution >= 4 is 11.4 Å². The molecule has 3 heteroatoms. The minimum absolute atomic E-state index is 0.175. The van der Waals surface area contributed by atoms with Crippen LogP contribution in [0, 0.1) is 13.8 Å². The Labute approximate surface area is 160 Å². The van der Waals surface area contributed by atoms with Crippen LogP contribution >= 0.6 is 0 Å². The Hall–Kier alpha value is -3.07. The van der Waals surface area contributed by atoms with Crippen LogP contribution in [0.1, 0.15) is 34.7 Å². The third-order valence-corrected chi connectivity index (χ3v) is 5.12. The van der Waals surface area contributed by atoms with Gasteiger partial charge in [0.15, 0.2) is 0 Å². The maximum atomic E-state index is 5.32. The zero-order valence-corrected chi connectivity index (χ0v) is 16.0. The zero-order valence-electron chi connectivity index (χ0n) is 16.0. The number of hydrazone groups is 1. The van der Waals surface area contributed by atoms with Gasteiger partial charge in [0.1, 0.15) is 5.75 Å². The lowest BCUT2D eigenvalue weighted by Crippen LogP contribution is -2.18. The number of hydrogen-bond acceptors (Lipinski definition) is 3. The molecule has 1 atom stereocenters. The molecule has 0 bridgehead atoms. The minimum Gasteiger partial charge on any atom is -0.497 e. The number of ether oxygens (including phenoxy) is 1. The van der Waals surface area contributed by atoms with Crippen molar-refractivity contribution in [2.45, 2.75) is 26.3 Å². The summed E-state index contributed by atoms with van der Waals surface area (Å²) in [6.07, 6.45) is 0.880. The zero-order chi connectivity index (χ0) is 18.8. The van der Waals surface area contributed by atoms with Crippen LogP contribution in [0.5, 0.6) is 5.75 Å². The summed E-state index contributed by atoms with van der Waals surface area (Å²) < 4.78 is 5.32. The van der Waals surface area contributed by atoms with Crippen molar-refractivity contribution in [1.82, 2.24) is 0 Å². The summed E-state index contributed by atoms with van der Waals surface area (Å²) in [4.78, 5) is 0. The van der Waals surface area contributed by atoms with Gasteiger partial charge in [-0.15, -0.1) is 0 Å². The maximum absolute atomic E-state index is 5.32. The average Bonchev–Trinajstić information content (AvgIpc) is 3.14. The van der Waals surface area contributed by atoms with Gasteiger partial charge in [-0.25, -0.2) is 0 Å². The van der Waals surface area contributed by atoms with Gasteiger partial charge in [-0.05, 0) is 49.2 Å². The molecule has 1 aliphatic rings. The van der Waals surface area contributed by atoms with E-state index in [1.54, 1.807) is 7.11 Å². The first-order valence-electron chi connectivity index (χ1n) is 9.29. The summed E-state index contributed by atoms with van der Waals surface area (Å²) in [6, 6.07) is 25.5. The Morgan fingerprint density at radius 3 is 2.33 bits per heavy atom. The van der Waals surface area contributed by atoms with E-state index in [-0.39, 0.29) is 6.04 Å². The van der Waals surface area contributed by atoms with Gasteiger partial charge < -0.3 is 4.74 Å². The summed E-state index contributed by atoms with van der Waals surface area (Å²) in [5, 5.41) is 7.19. The summed E-state index contributed by atoms with van der Waals surface area (Å²) in [5.41, 5.74) is 7.27. The molecule has 0 spiro atoms. The Morgan fingerprint density at radius 2 is 1.67 bits per heavy atom. The molecule has 0 amide bonds. The first-order chi connectivity index (χ1) is 13.2. The molecule has 136 valence electrons. The number of anilines is 1. The number of methoxy groups -OCH3 is 1. The molecular weight excluding hydrogens is 332 g/mol. The van der Waals surface area contributed by atoms with Crippen molar-refractivity contribution in [3.8, 4) is 5.75 Å². The first-order valence-corrected chi connectivity index (χ1v) is 9.29. The molecule has 0 saturated heterocycles. The fourth-order valence-electron chi connectivity index (χ4n) is 3.71. The molecule has 0 saturated carbocycles. The van der Waals surface area contributed by atoms with Crippen LogP contribution in [-0.2, 0) is 0 Å². The molecule has 27 heavy (non-hydrogen) atoms. The van der Waals surface area contributed by atoms with E-state index in [9.17, 15) is 0 Å². The van der Waals surface area contributed by atoms with Crippen LogP contribution in [0.4, 0.5) is 5.69 Å². The molecule has 4 rings (SSSR count). The molecule has 1 aliphatic heterocycles. The molecule has 3 aromatic carbocycles. The summed E-state index contributed by atoms with van der Waals surface area (Å²) in [5.74, 6) is 0.874. The third kappa shape index (κ3) is 3.45. The smallest absolute Gasteiger partial charge is 0.118 e. The number of hydrogen-bond donors (Lipinski definition) is 0. The van der Waals surface area contributed by atoms with Crippen LogP contribution in [-0.4, -0.2) is 12.8 Å². The second kappa shape index (κ2) is 7.28. The van der Waals surface area contributed by atoms with Gasteiger partial charge in [-0.3, -0.25) is 5.01 Å². The molecule has 0 radical (unpaired) electrons. The van der Waals surface area contributed by atoms with E-state index in [1.807, 2.05) is 18.2 Å². The van der Waals surface area contributed by atoms with Crippen LogP contribution in [0.3, 0.4) is 0 Å². The molecule has 0 N–H and O–H groups in total. The number of benzene rings is 3. The predicted molar refractivity (Wildman–Crippen MR) is 112 cm³/mol. The van der Waals surface area contributed by atoms with Gasteiger partial charge in [0.25, 0.3) is 0 Å². The van der Waals surface area contributed by atoms with Gasteiger partial charge in [-0.2, -0.15) is 5.10 Å². The lowest BCUT2D eigenvalue weighted by molar-refractivity contribution is 0.414.